The van der Waals surface area contributed by atoms with Gasteiger partial charge in [-0.3, -0.25) is 4.99 Å². The molecule has 2 rings (SSSR count). The monoisotopic (exact) mass is 238 g/mol. The smallest absolute Gasteiger partial charge is 0.134 e. The fraction of sp³-hybridized carbons (Fsp3) is 0.100. The molecular formula is C10H8ClFN4. The molecular weight excluding hydrogens is 231 g/mol. The molecule has 0 atom stereocenters. The van der Waals surface area contributed by atoms with Crippen LogP contribution in [0.25, 0.3) is 11.3 Å². The van der Waals surface area contributed by atoms with E-state index < -0.39 is 5.82 Å². The lowest BCUT2D eigenvalue weighted by Gasteiger charge is -2.02. The van der Waals surface area contributed by atoms with Crippen LogP contribution in [0.15, 0.2) is 23.2 Å². The number of hydrogen-bond acceptors (Lipinski definition) is 3. The van der Waals surface area contributed by atoms with Gasteiger partial charge in [-0.25, -0.2) is 4.39 Å². The van der Waals surface area contributed by atoms with E-state index in [0.29, 0.717) is 16.4 Å². The third-order valence-electron chi connectivity index (χ3n) is 2.03. The Kier molecular flexibility index (Phi) is 2.96. The Morgan fingerprint density at radius 2 is 2.25 bits per heavy atom. The highest BCUT2D eigenvalue weighted by atomic mass is 35.5. The number of nitrogens with one attached hydrogen (secondary N) is 1. The van der Waals surface area contributed by atoms with Gasteiger partial charge in [0.25, 0.3) is 0 Å². The molecule has 0 unspecified atom stereocenters. The molecule has 16 heavy (non-hydrogen) atoms. The molecule has 82 valence electrons. The van der Waals surface area contributed by atoms with Crippen molar-refractivity contribution in [2.45, 2.75) is 0 Å². The minimum absolute atomic E-state index is 0.229. The number of H-pyrrole nitrogens is 1. The molecule has 0 saturated heterocycles. The molecule has 0 amide bonds. The molecule has 2 aromatic rings. The first kappa shape index (κ1) is 10.8. The summed E-state index contributed by atoms with van der Waals surface area (Å²) >= 11 is 5.93. The largest absolute Gasteiger partial charge is 0.294 e. The minimum atomic E-state index is -0.438. The molecule has 0 bridgehead atoms. The van der Waals surface area contributed by atoms with Crippen LogP contribution in [0.3, 0.4) is 0 Å². The third-order valence-corrected chi connectivity index (χ3v) is 2.34. The molecule has 0 fully saturated rings. The van der Waals surface area contributed by atoms with Crippen molar-refractivity contribution >= 4 is 17.8 Å². The molecule has 0 aliphatic carbocycles. The van der Waals surface area contributed by atoms with Gasteiger partial charge in [-0.1, -0.05) is 17.7 Å². The van der Waals surface area contributed by atoms with Gasteiger partial charge in [0.2, 0.25) is 0 Å². The van der Waals surface area contributed by atoms with Crippen LogP contribution in [0.5, 0.6) is 0 Å². The minimum Gasteiger partial charge on any atom is -0.294 e. The van der Waals surface area contributed by atoms with Crippen LogP contribution in [-0.2, 0) is 0 Å². The van der Waals surface area contributed by atoms with Crippen molar-refractivity contribution < 1.29 is 4.39 Å². The highest BCUT2D eigenvalue weighted by Crippen LogP contribution is 2.29. The Morgan fingerprint density at radius 3 is 2.94 bits per heavy atom. The summed E-state index contributed by atoms with van der Waals surface area (Å²) in [7, 11) is 1.60. The molecule has 4 nitrogen and oxygen atoms in total. The van der Waals surface area contributed by atoms with Gasteiger partial charge in [-0.2, -0.15) is 15.4 Å². The van der Waals surface area contributed by atoms with Gasteiger partial charge in [0, 0.05) is 7.05 Å². The molecule has 1 aromatic heterocycles. The summed E-state index contributed by atoms with van der Waals surface area (Å²) in [6.45, 7) is 0. The van der Waals surface area contributed by atoms with E-state index in [0.717, 1.165) is 0 Å². The lowest BCUT2D eigenvalue weighted by Crippen LogP contribution is -1.91. The number of halogens is 2. The highest BCUT2D eigenvalue weighted by Gasteiger charge is 2.16. The van der Waals surface area contributed by atoms with Crippen molar-refractivity contribution in [2.24, 2.45) is 4.99 Å². The van der Waals surface area contributed by atoms with E-state index in [1.807, 2.05) is 0 Å². The van der Waals surface area contributed by atoms with Gasteiger partial charge in [-0.05, 0) is 12.1 Å². The summed E-state index contributed by atoms with van der Waals surface area (Å²) in [5, 5.41) is 10.4. The maximum absolute atomic E-state index is 13.6. The second-order valence-electron chi connectivity index (χ2n) is 3.04. The standard InChI is InChI=1S/C10H8ClFN4/c1-13-5-8-10(15-16-14-8)9-6(11)3-2-4-7(9)12/h2-5H,1H3,(H,14,15,16). The van der Waals surface area contributed by atoms with Crippen molar-refractivity contribution in [3.8, 4) is 11.3 Å². The summed E-state index contributed by atoms with van der Waals surface area (Å²) in [4.78, 5) is 3.81. The SMILES string of the molecule is CN=Cc1n[nH]nc1-c1c(F)cccc1Cl. The van der Waals surface area contributed by atoms with E-state index in [1.54, 1.807) is 13.1 Å². The Bertz CT molecular complexity index is 515. The van der Waals surface area contributed by atoms with E-state index in [2.05, 4.69) is 20.4 Å². The van der Waals surface area contributed by atoms with Crippen molar-refractivity contribution in [3.05, 3.63) is 34.7 Å². The molecule has 0 saturated carbocycles. The zero-order valence-corrected chi connectivity index (χ0v) is 9.16. The molecule has 0 radical (unpaired) electrons. The Balaban J connectivity index is 2.63. The fourth-order valence-electron chi connectivity index (χ4n) is 1.36. The van der Waals surface area contributed by atoms with Crippen LogP contribution >= 0.6 is 11.6 Å². The molecule has 0 aliphatic heterocycles. The van der Waals surface area contributed by atoms with Gasteiger partial charge >= 0.3 is 0 Å². The number of aliphatic imine (C=N–C) groups is 1. The van der Waals surface area contributed by atoms with Gasteiger partial charge in [0.15, 0.2) is 0 Å². The molecule has 1 N–H and O–H groups in total. The second kappa shape index (κ2) is 4.40. The van der Waals surface area contributed by atoms with Crippen LogP contribution in [-0.4, -0.2) is 28.7 Å². The van der Waals surface area contributed by atoms with Gasteiger partial charge in [0.05, 0.1) is 16.8 Å². The summed E-state index contributed by atoms with van der Waals surface area (Å²) in [5.74, 6) is -0.438. The topological polar surface area (TPSA) is 53.9 Å². The quantitative estimate of drug-likeness (QED) is 0.817. The summed E-state index contributed by atoms with van der Waals surface area (Å²) in [5.41, 5.74) is 1.04. The summed E-state index contributed by atoms with van der Waals surface area (Å²) in [6, 6.07) is 4.46. The molecule has 6 heteroatoms. The Labute approximate surface area is 96.2 Å². The highest BCUT2D eigenvalue weighted by molar-refractivity contribution is 6.33. The first-order valence-corrected chi connectivity index (χ1v) is 4.89. The van der Waals surface area contributed by atoms with Crippen LogP contribution < -0.4 is 0 Å². The molecule has 1 heterocycles. The van der Waals surface area contributed by atoms with Crippen LogP contribution in [0.2, 0.25) is 5.02 Å². The summed E-state index contributed by atoms with van der Waals surface area (Å²) < 4.78 is 13.6. The van der Waals surface area contributed by atoms with Gasteiger partial charge < -0.3 is 0 Å². The molecule has 0 spiro atoms. The number of aromatic nitrogens is 3. The van der Waals surface area contributed by atoms with Crippen molar-refractivity contribution in [2.75, 3.05) is 7.05 Å². The van der Waals surface area contributed by atoms with Crippen LogP contribution in [0.1, 0.15) is 5.69 Å². The first-order chi connectivity index (χ1) is 7.74. The normalized spacial score (nSPS) is 11.2. The predicted molar refractivity (Wildman–Crippen MR) is 60.3 cm³/mol. The van der Waals surface area contributed by atoms with E-state index >= 15 is 0 Å². The molecule has 1 aromatic carbocycles. The third kappa shape index (κ3) is 1.81. The average molecular weight is 239 g/mol. The maximum Gasteiger partial charge on any atom is 0.134 e. The number of hydrogen-bond donors (Lipinski definition) is 1. The average Bonchev–Trinajstić information content (AvgIpc) is 2.67. The number of benzene rings is 1. The van der Waals surface area contributed by atoms with Gasteiger partial charge in [0.1, 0.15) is 17.2 Å². The maximum atomic E-state index is 13.6. The number of rotatable bonds is 2. The van der Waals surface area contributed by atoms with Crippen LogP contribution in [0, 0.1) is 5.82 Å². The zero-order valence-electron chi connectivity index (χ0n) is 8.41. The Morgan fingerprint density at radius 1 is 1.44 bits per heavy atom. The van der Waals surface area contributed by atoms with E-state index in [4.69, 9.17) is 11.6 Å². The van der Waals surface area contributed by atoms with E-state index in [-0.39, 0.29) is 5.56 Å². The van der Waals surface area contributed by atoms with Crippen molar-refractivity contribution in [3.63, 3.8) is 0 Å². The lowest BCUT2D eigenvalue weighted by atomic mass is 10.1. The number of aromatic amines is 1. The van der Waals surface area contributed by atoms with E-state index in [9.17, 15) is 4.39 Å². The van der Waals surface area contributed by atoms with Crippen molar-refractivity contribution in [1.82, 2.24) is 15.4 Å². The van der Waals surface area contributed by atoms with Crippen molar-refractivity contribution in [1.29, 1.82) is 0 Å². The Hall–Kier alpha value is -1.75. The first-order valence-electron chi connectivity index (χ1n) is 4.51. The zero-order chi connectivity index (χ0) is 11.5. The van der Waals surface area contributed by atoms with Gasteiger partial charge in [-0.15, -0.1) is 0 Å². The summed E-state index contributed by atoms with van der Waals surface area (Å²) in [6.07, 6.45) is 1.49. The number of nitrogens with zero attached hydrogens (tertiary/aromatic N) is 3. The van der Waals surface area contributed by atoms with Crippen LogP contribution in [0.4, 0.5) is 4.39 Å². The fourth-order valence-corrected chi connectivity index (χ4v) is 1.61. The second-order valence-corrected chi connectivity index (χ2v) is 3.45. The predicted octanol–water partition coefficient (Wildman–Crippen LogP) is 2.31. The lowest BCUT2D eigenvalue weighted by molar-refractivity contribution is 0.630. The van der Waals surface area contributed by atoms with E-state index in [1.165, 1.54) is 18.3 Å². The molecule has 0 aliphatic rings.